The predicted molar refractivity (Wildman–Crippen MR) is 125 cm³/mol. The molecule has 7 nitrogen and oxygen atoms in total. The summed E-state index contributed by atoms with van der Waals surface area (Å²) in [6.45, 7) is 2.58. The highest BCUT2D eigenvalue weighted by atomic mass is 19.1. The molecule has 1 amide bonds. The van der Waals surface area contributed by atoms with Crippen LogP contribution in [0.25, 0.3) is 0 Å². The van der Waals surface area contributed by atoms with E-state index in [-0.39, 0.29) is 24.0 Å². The fourth-order valence-corrected chi connectivity index (χ4v) is 3.09. The lowest BCUT2D eigenvalue weighted by molar-refractivity contribution is 0.0952. The van der Waals surface area contributed by atoms with Crippen molar-refractivity contribution in [1.29, 1.82) is 0 Å². The Balaban J connectivity index is 1.73. The Morgan fingerprint density at radius 2 is 2.03 bits per heavy atom. The maximum Gasteiger partial charge on any atom is 0.251 e. The number of rotatable bonds is 13. The minimum absolute atomic E-state index is 0.0566. The van der Waals surface area contributed by atoms with Crippen molar-refractivity contribution in [1.82, 2.24) is 16.0 Å². The van der Waals surface area contributed by atoms with Gasteiger partial charge in [0.15, 0.2) is 11.6 Å². The molecule has 33 heavy (non-hydrogen) atoms. The van der Waals surface area contributed by atoms with Crippen LogP contribution >= 0.6 is 0 Å². The van der Waals surface area contributed by atoms with E-state index in [1.807, 2.05) is 12.1 Å². The fraction of sp³-hybridized carbons (Fsp3) is 0.400. The first kappa shape index (κ1) is 24.5. The van der Waals surface area contributed by atoms with Gasteiger partial charge in [0.2, 0.25) is 0 Å². The van der Waals surface area contributed by atoms with Gasteiger partial charge in [0.25, 0.3) is 5.91 Å². The monoisotopic (exact) mass is 457 g/mol. The molecule has 0 aromatic heterocycles. The molecule has 1 unspecified atom stereocenters. The number of aliphatic hydroxyl groups excluding tert-OH is 1. The molecule has 1 aliphatic rings. The molecule has 3 rings (SSSR count). The quantitative estimate of drug-likeness (QED) is 0.344. The molecule has 2 aromatic rings. The number of hydrogen-bond acceptors (Lipinski definition) is 6. The Kier molecular flexibility index (Phi) is 9.09. The SMILES string of the molecule is CN/C=C\CCNC(=O)c1cc(Oc2ccc(CNC3CC3)cc2F)cc(OC(C)CO)c1. The molecular formula is C25H32FN3O4. The maximum atomic E-state index is 14.7. The number of hydrogen-bond donors (Lipinski definition) is 4. The summed E-state index contributed by atoms with van der Waals surface area (Å²) in [6.07, 6.45) is 6.23. The first-order chi connectivity index (χ1) is 16.0. The lowest BCUT2D eigenvalue weighted by atomic mass is 10.1. The zero-order valence-electron chi connectivity index (χ0n) is 19.1. The fourth-order valence-electron chi connectivity index (χ4n) is 3.09. The first-order valence-corrected chi connectivity index (χ1v) is 11.2. The molecule has 0 heterocycles. The molecule has 1 saturated carbocycles. The van der Waals surface area contributed by atoms with E-state index >= 15 is 0 Å². The van der Waals surface area contributed by atoms with Gasteiger partial charge in [-0.1, -0.05) is 12.1 Å². The molecule has 2 aromatic carbocycles. The number of ether oxygens (including phenoxy) is 2. The van der Waals surface area contributed by atoms with Crippen molar-refractivity contribution >= 4 is 5.91 Å². The molecule has 0 spiro atoms. The van der Waals surface area contributed by atoms with E-state index in [4.69, 9.17) is 9.47 Å². The standard InChI is InChI=1S/C25H32FN3O4/c1-17(16-30)32-21-12-19(25(31)28-10-4-3-9-27-2)13-22(14-21)33-24-8-5-18(11-23(24)26)15-29-20-6-7-20/h3,5,8-9,11-14,17,20,27,29-30H,4,6-7,10,15-16H2,1-2H3,(H,28,31)/b9-3-. The van der Waals surface area contributed by atoms with Crippen molar-refractivity contribution in [2.24, 2.45) is 0 Å². The summed E-state index contributed by atoms with van der Waals surface area (Å²) in [6, 6.07) is 10.1. The molecule has 0 aliphatic heterocycles. The van der Waals surface area contributed by atoms with Gasteiger partial charge in [-0.05, 0) is 62.2 Å². The molecule has 0 bridgehead atoms. The van der Waals surface area contributed by atoms with Crippen LogP contribution in [-0.4, -0.2) is 43.4 Å². The van der Waals surface area contributed by atoms with Crippen LogP contribution in [0.3, 0.4) is 0 Å². The lowest BCUT2D eigenvalue weighted by Gasteiger charge is -2.16. The average Bonchev–Trinajstić information content (AvgIpc) is 3.63. The summed E-state index contributed by atoms with van der Waals surface area (Å²) in [7, 11) is 1.80. The third kappa shape index (κ3) is 8.07. The minimum atomic E-state index is -0.484. The maximum absolute atomic E-state index is 14.7. The highest BCUT2D eigenvalue weighted by molar-refractivity contribution is 5.95. The largest absolute Gasteiger partial charge is 0.488 e. The van der Waals surface area contributed by atoms with Gasteiger partial charge in [0.1, 0.15) is 17.6 Å². The molecule has 1 fully saturated rings. The van der Waals surface area contributed by atoms with Crippen LogP contribution in [0.5, 0.6) is 17.2 Å². The van der Waals surface area contributed by atoms with E-state index in [2.05, 4.69) is 16.0 Å². The van der Waals surface area contributed by atoms with Crippen LogP contribution in [0.4, 0.5) is 4.39 Å². The molecule has 0 radical (unpaired) electrons. The molecule has 0 saturated heterocycles. The Labute approximate surface area is 194 Å². The van der Waals surface area contributed by atoms with E-state index in [0.717, 1.165) is 5.56 Å². The van der Waals surface area contributed by atoms with Crippen LogP contribution < -0.4 is 25.4 Å². The van der Waals surface area contributed by atoms with E-state index < -0.39 is 11.9 Å². The van der Waals surface area contributed by atoms with Crippen molar-refractivity contribution in [3.05, 3.63) is 65.6 Å². The lowest BCUT2D eigenvalue weighted by Crippen LogP contribution is -2.24. The minimum Gasteiger partial charge on any atom is -0.488 e. The molecule has 8 heteroatoms. The normalized spacial score (nSPS) is 14.2. The van der Waals surface area contributed by atoms with Gasteiger partial charge in [-0.2, -0.15) is 0 Å². The van der Waals surface area contributed by atoms with Gasteiger partial charge in [-0.25, -0.2) is 4.39 Å². The third-order valence-corrected chi connectivity index (χ3v) is 5.01. The molecule has 4 N–H and O–H groups in total. The Morgan fingerprint density at radius 1 is 1.24 bits per heavy atom. The zero-order chi connectivity index (χ0) is 23.6. The summed E-state index contributed by atoms with van der Waals surface area (Å²) in [5.41, 5.74) is 1.16. The van der Waals surface area contributed by atoms with Crippen molar-refractivity contribution in [3.8, 4) is 17.2 Å². The zero-order valence-corrected chi connectivity index (χ0v) is 19.1. The second kappa shape index (κ2) is 12.2. The topological polar surface area (TPSA) is 91.9 Å². The van der Waals surface area contributed by atoms with Gasteiger partial charge in [0.05, 0.1) is 6.61 Å². The Bertz CT molecular complexity index is 963. The van der Waals surface area contributed by atoms with Crippen molar-refractivity contribution < 1.29 is 23.8 Å². The van der Waals surface area contributed by atoms with Gasteiger partial charge in [0, 0.05) is 37.8 Å². The highest BCUT2D eigenvalue weighted by Gasteiger charge is 2.20. The Morgan fingerprint density at radius 3 is 2.73 bits per heavy atom. The second-order valence-corrected chi connectivity index (χ2v) is 8.06. The number of amides is 1. The Hall–Kier alpha value is -3.10. The van der Waals surface area contributed by atoms with Crippen LogP contribution in [-0.2, 0) is 6.54 Å². The summed E-state index contributed by atoms with van der Waals surface area (Å²) in [4.78, 5) is 12.6. The summed E-state index contributed by atoms with van der Waals surface area (Å²) >= 11 is 0. The molecular weight excluding hydrogens is 425 g/mol. The number of aliphatic hydroxyl groups is 1. The molecule has 1 atom stereocenters. The van der Waals surface area contributed by atoms with Gasteiger partial charge >= 0.3 is 0 Å². The van der Waals surface area contributed by atoms with Crippen molar-refractivity contribution in [3.63, 3.8) is 0 Å². The van der Waals surface area contributed by atoms with Gasteiger partial charge < -0.3 is 30.5 Å². The van der Waals surface area contributed by atoms with Crippen molar-refractivity contribution in [2.45, 2.75) is 44.9 Å². The van der Waals surface area contributed by atoms with Crippen LogP contribution in [0.15, 0.2) is 48.7 Å². The van der Waals surface area contributed by atoms with Crippen LogP contribution in [0.2, 0.25) is 0 Å². The van der Waals surface area contributed by atoms with Gasteiger partial charge in [-0.15, -0.1) is 0 Å². The summed E-state index contributed by atoms with van der Waals surface area (Å²) < 4.78 is 26.1. The second-order valence-electron chi connectivity index (χ2n) is 8.06. The van der Waals surface area contributed by atoms with E-state index in [0.29, 0.717) is 36.9 Å². The first-order valence-electron chi connectivity index (χ1n) is 11.2. The van der Waals surface area contributed by atoms with E-state index in [1.54, 1.807) is 38.4 Å². The van der Waals surface area contributed by atoms with Crippen LogP contribution in [0, 0.1) is 5.82 Å². The summed E-state index contributed by atoms with van der Waals surface area (Å²) in [5.74, 6) is -0.120. The predicted octanol–water partition coefficient (Wildman–Crippen LogP) is 3.48. The number of nitrogens with one attached hydrogen (secondary N) is 3. The van der Waals surface area contributed by atoms with Crippen molar-refractivity contribution in [2.75, 3.05) is 20.2 Å². The number of benzene rings is 2. The third-order valence-electron chi connectivity index (χ3n) is 5.01. The highest BCUT2D eigenvalue weighted by Crippen LogP contribution is 2.30. The van der Waals surface area contributed by atoms with Crippen LogP contribution in [0.1, 0.15) is 42.1 Å². The molecule has 178 valence electrons. The molecule has 1 aliphatic carbocycles. The smallest absolute Gasteiger partial charge is 0.251 e. The number of carbonyl (C=O) groups is 1. The number of carbonyl (C=O) groups excluding carboxylic acids is 1. The van der Waals surface area contributed by atoms with E-state index in [1.165, 1.54) is 25.0 Å². The van der Waals surface area contributed by atoms with Gasteiger partial charge in [-0.3, -0.25) is 4.79 Å². The summed E-state index contributed by atoms with van der Waals surface area (Å²) in [5, 5.41) is 18.4. The number of halogens is 1. The van der Waals surface area contributed by atoms with E-state index in [9.17, 15) is 14.3 Å². The average molecular weight is 458 g/mol.